The van der Waals surface area contributed by atoms with Crippen molar-refractivity contribution in [2.75, 3.05) is 7.11 Å². The van der Waals surface area contributed by atoms with Crippen LogP contribution in [0, 0.1) is 0 Å². The Bertz CT molecular complexity index is 272. The Labute approximate surface area is 82.3 Å². The number of rotatable bonds is 3. The summed E-state index contributed by atoms with van der Waals surface area (Å²) in [4.78, 5) is 12.2. The van der Waals surface area contributed by atoms with Crippen molar-refractivity contribution in [3.05, 3.63) is 30.3 Å². The number of ether oxygens (including phenoxy) is 1. The van der Waals surface area contributed by atoms with Crippen LogP contribution >= 0.6 is 11.8 Å². The van der Waals surface area contributed by atoms with Crippen LogP contribution in [-0.2, 0) is 9.53 Å². The quantitative estimate of drug-likeness (QED) is 0.548. The maximum atomic E-state index is 11.1. The normalized spacial score (nSPS) is 12.2. The summed E-state index contributed by atoms with van der Waals surface area (Å²) >= 11 is 1.50. The van der Waals surface area contributed by atoms with Crippen molar-refractivity contribution < 1.29 is 9.53 Å². The molecule has 1 atom stereocenters. The van der Waals surface area contributed by atoms with Crippen molar-refractivity contribution in [2.45, 2.75) is 17.1 Å². The van der Waals surface area contributed by atoms with Crippen LogP contribution in [0.15, 0.2) is 35.2 Å². The first-order valence-electron chi connectivity index (χ1n) is 4.03. The standard InChI is InChI=1S/C10H12O2S/c1-8(10(11)12-2)13-9-6-4-3-5-7-9/h3-8H,1-2H3/t8-/m0/s1. The van der Waals surface area contributed by atoms with E-state index >= 15 is 0 Å². The average Bonchev–Trinajstić information content (AvgIpc) is 2.18. The lowest BCUT2D eigenvalue weighted by Gasteiger charge is -2.07. The summed E-state index contributed by atoms with van der Waals surface area (Å²) in [5.41, 5.74) is 0. The molecule has 0 unspecified atom stereocenters. The first kappa shape index (κ1) is 10.1. The summed E-state index contributed by atoms with van der Waals surface area (Å²) in [6.45, 7) is 1.84. The fraction of sp³-hybridized carbons (Fsp3) is 0.300. The van der Waals surface area contributed by atoms with Gasteiger partial charge < -0.3 is 4.74 Å². The SMILES string of the molecule is COC(=O)[C@H](C)Sc1ccccc1. The fourth-order valence-corrected chi connectivity index (χ4v) is 1.83. The Morgan fingerprint density at radius 1 is 1.38 bits per heavy atom. The lowest BCUT2D eigenvalue weighted by atomic mass is 10.4. The van der Waals surface area contributed by atoms with Crippen molar-refractivity contribution in [1.29, 1.82) is 0 Å². The van der Waals surface area contributed by atoms with Crippen LogP contribution in [-0.4, -0.2) is 18.3 Å². The smallest absolute Gasteiger partial charge is 0.318 e. The van der Waals surface area contributed by atoms with E-state index in [1.54, 1.807) is 0 Å². The minimum absolute atomic E-state index is 0.146. The number of hydrogen-bond donors (Lipinski definition) is 0. The van der Waals surface area contributed by atoms with Crippen LogP contribution in [0.4, 0.5) is 0 Å². The molecule has 0 aromatic heterocycles. The topological polar surface area (TPSA) is 26.3 Å². The molecule has 0 radical (unpaired) electrons. The van der Waals surface area contributed by atoms with Gasteiger partial charge in [-0.2, -0.15) is 0 Å². The van der Waals surface area contributed by atoms with Crippen LogP contribution in [0.25, 0.3) is 0 Å². The average molecular weight is 196 g/mol. The highest BCUT2D eigenvalue weighted by molar-refractivity contribution is 8.00. The first-order valence-corrected chi connectivity index (χ1v) is 4.91. The van der Waals surface area contributed by atoms with Gasteiger partial charge in [0, 0.05) is 4.90 Å². The molecular weight excluding hydrogens is 184 g/mol. The summed E-state index contributed by atoms with van der Waals surface area (Å²) in [5.74, 6) is -0.186. The zero-order valence-corrected chi connectivity index (χ0v) is 8.51. The Hall–Kier alpha value is -0.960. The Morgan fingerprint density at radius 2 is 2.00 bits per heavy atom. The maximum Gasteiger partial charge on any atom is 0.318 e. The van der Waals surface area contributed by atoms with Crippen molar-refractivity contribution >= 4 is 17.7 Å². The number of esters is 1. The second-order valence-electron chi connectivity index (χ2n) is 2.60. The number of hydrogen-bond acceptors (Lipinski definition) is 3. The molecule has 0 bridgehead atoms. The van der Waals surface area contributed by atoms with Crippen molar-refractivity contribution in [2.24, 2.45) is 0 Å². The second-order valence-corrected chi connectivity index (χ2v) is 4.01. The highest BCUT2D eigenvalue weighted by atomic mass is 32.2. The van der Waals surface area contributed by atoms with E-state index < -0.39 is 0 Å². The van der Waals surface area contributed by atoms with Crippen LogP contribution in [0.2, 0.25) is 0 Å². The molecule has 0 amide bonds. The van der Waals surface area contributed by atoms with Gasteiger partial charge in [0.15, 0.2) is 0 Å². The minimum atomic E-state index is -0.186. The van der Waals surface area contributed by atoms with Crippen LogP contribution in [0.3, 0.4) is 0 Å². The molecule has 0 saturated carbocycles. The van der Waals surface area contributed by atoms with E-state index in [2.05, 4.69) is 4.74 Å². The molecule has 13 heavy (non-hydrogen) atoms. The van der Waals surface area contributed by atoms with E-state index in [1.165, 1.54) is 18.9 Å². The number of carbonyl (C=O) groups excluding carboxylic acids is 1. The maximum absolute atomic E-state index is 11.1. The number of benzene rings is 1. The van der Waals surface area contributed by atoms with Crippen LogP contribution in [0.5, 0.6) is 0 Å². The van der Waals surface area contributed by atoms with Crippen molar-refractivity contribution in [3.63, 3.8) is 0 Å². The summed E-state index contributed by atoms with van der Waals surface area (Å²) in [7, 11) is 1.41. The van der Waals surface area contributed by atoms with E-state index in [0.717, 1.165) is 4.90 Å². The zero-order chi connectivity index (χ0) is 9.68. The van der Waals surface area contributed by atoms with Crippen molar-refractivity contribution in [3.8, 4) is 0 Å². The van der Waals surface area contributed by atoms with Crippen LogP contribution in [0.1, 0.15) is 6.92 Å². The number of methoxy groups -OCH3 is 1. The first-order chi connectivity index (χ1) is 6.24. The predicted octanol–water partition coefficient (Wildman–Crippen LogP) is 2.34. The molecule has 0 aliphatic heterocycles. The molecule has 0 heterocycles. The monoisotopic (exact) mass is 196 g/mol. The Kier molecular flexibility index (Phi) is 3.83. The number of carbonyl (C=O) groups is 1. The molecule has 1 rings (SSSR count). The van der Waals surface area contributed by atoms with Gasteiger partial charge in [-0.25, -0.2) is 0 Å². The zero-order valence-electron chi connectivity index (χ0n) is 7.69. The highest BCUT2D eigenvalue weighted by Gasteiger charge is 2.13. The molecule has 2 nitrogen and oxygen atoms in total. The van der Waals surface area contributed by atoms with E-state index in [9.17, 15) is 4.79 Å². The second kappa shape index (κ2) is 4.92. The third-order valence-electron chi connectivity index (χ3n) is 1.59. The third kappa shape index (κ3) is 3.11. The molecule has 0 fully saturated rings. The molecule has 1 aromatic rings. The predicted molar refractivity (Wildman–Crippen MR) is 53.8 cm³/mol. The van der Waals surface area contributed by atoms with Gasteiger partial charge in [0.2, 0.25) is 0 Å². The van der Waals surface area contributed by atoms with Gasteiger partial charge in [-0.1, -0.05) is 18.2 Å². The Morgan fingerprint density at radius 3 is 2.54 bits per heavy atom. The molecular formula is C10H12O2S. The summed E-state index contributed by atoms with van der Waals surface area (Å²) in [6, 6.07) is 9.81. The summed E-state index contributed by atoms with van der Waals surface area (Å²) < 4.78 is 4.62. The number of thioether (sulfide) groups is 1. The van der Waals surface area contributed by atoms with Gasteiger partial charge in [0.1, 0.15) is 5.25 Å². The largest absolute Gasteiger partial charge is 0.468 e. The molecule has 0 aliphatic carbocycles. The highest BCUT2D eigenvalue weighted by Crippen LogP contribution is 2.22. The lowest BCUT2D eigenvalue weighted by Crippen LogP contribution is -2.14. The Balaban J connectivity index is 2.55. The molecule has 70 valence electrons. The third-order valence-corrected chi connectivity index (χ3v) is 2.68. The van der Waals surface area contributed by atoms with Gasteiger partial charge >= 0.3 is 5.97 Å². The molecule has 0 spiro atoms. The van der Waals surface area contributed by atoms with Gasteiger partial charge in [-0.15, -0.1) is 11.8 Å². The summed E-state index contributed by atoms with van der Waals surface area (Å²) in [5, 5.41) is -0.146. The summed E-state index contributed by atoms with van der Waals surface area (Å²) in [6.07, 6.45) is 0. The van der Waals surface area contributed by atoms with Crippen molar-refractivity contribution in [1.82, 2.24) is 0 Å². The van der Waals surface area contributed by atoms with Gasteiger partial charge in [0.05, 0.1) is 7.11 Å². The minimum Gasteiger partial charge on any atom is -0.468 e. The molecule has 0 N–H and O–H groups in total. The van der Waals surface area contributed by atoms with Gasteiger partial charge in [0.25, 0.3) is 0 Å². The van der Waals surface area contributed by atoms with E-state index in [0.29, 0.717) is 0 Å². The van der Waals surface area contributed by atoms with E-state index in [4.69, 9.17) is 0 Å². The molecule has 1 aromatic carbocycles. The van der Waals surface area contributed by atoms with Gasteiger partial charge in [-0.05, 0) is 19.1 Å². The van der Waals surface area contributed by atoms with E-state index in [1.807, 2.05) is 37.3 Å². The molecule has 0 saturated heterocycles. The van der Waals surface area contributed by atoms with E-state index in [-0.39, 0.29) is 11.2 Å². The lowest BCUT2D eigenvalue weighted by molar-refractivity contribution is -0.139. The van der Waals surface area contributed by atoms with Gasteiger partial charge in [-0.3, -0.25) is 4.79 Å². The fourth-order valence-electron chi connectivity index (χ4n) is 0.917. The molecule has 3 heteroatoms. The van der Waals surface area contributed by atoms with Crippen LogP contribution < -0.4 is 0 Å². The molecule has 0 aliphatic rings.